The van der Waals surface area contributed by atoms with Gasteiger partial charge in [0.15, 0.2) is 0 Å². The molecule has 1 saturated heterocycles. The average Bonchev–Trinajstić information content (AvgIpc) is 2.98. The SMILES string of the molecule is COCCNCc1c(C)nn(CC2CCCO2)c1C. The normalized spacial score (nSPS) is 19.2. The maximum absolute atomic E-state index is 5.68. The van der Waals surface area contributed by atoms with E-state index in [-0.39, 0.29) is 0 Å². The summed E-state index contributed by atoms with van der Waals surface area (Å²) < 4.78 is 12.8. The number of aromatic nitrogens is 2. The minimum absolute atomic E-state index is 0.340. The molecule has 2 rings (SSSR count). The Labute approximate surface area is 115 Å². The van der Waals surface area contributed by atoms with Crippen molar-refractivity contribution in [2.45, 2.75) is 45.9 Å². The fourth-order valence-corrected chi connectivity index (χ4v) is 2.54. The van der Waals surface area contributed by atoms with Gasteiger partial charge in [-0.2, -0.15) is 5.10 Å². The van der Waals surface area contributed by atoms with Gasteiger partial charge in [-0.1, -0.05) is 0 Å². The topological polar surface area (TPSA) is 48.3 Å². The molecule has 108 valence electrons. The summed E-state index contributed by atoms with van der Waals surface area (Å²) in [5.41, 5.74) is 3.66. The molecule has 0 amide bonds. The Balaban J connectivity index is 1.93. The highest BCUT2D eigenvalue weighted by Gasteiger charge is 2.19. The van der Waals surface area contributed by atoms with Gasteiger partial charge in [-0.05, 0) is 26.7 Å². The van der Waals surface area contributed by atoms with Gasteiger partial charge in [-0.15, -0.1) is 0 Å². The predicted molar refractivity (Wildman–Crippen MR) is 74.3 cm³/mol. The van der Waals surface area contributed by atoms with Gasteiger partial charge in [0.1, 0.15) is 0 Å². The molecule has 1 N–H and O–H groups in total. The molecule has 1 unspecified atom stereocenters. The molecular weight excluding hydrogens is 242 g/mol. The molecule has 1 aromatic rings. The number of ether oxygens (including phenoxy) is 2. The Kier molecular flexibility index (Phi) is 5.36. The number of aryl methyl sites for hydroxylation is 1. The Bertz CT molecular complexity index is 398. The van der Waals surface area contributed by atoms with Crippen LogP contribution in [0.5, 0.6) is 0 Å². The van der Waals surface area contributed by atoms with Crippen LogP contribution in [0.25, 0.3) is 0 Å². The van der Waals surface area contributed by atoms with Gasteiger partial charge in [0.25, 0.3) is 0 Å². The molecule has 0 bridgehead atoms. The number of rotatable bonds is 7. The lowest BCUT2D eigenvalue weighted by molar-refractivity contribution is 0.0933. The summed E-state index contributed by atoms with van der Waals surface area (Å²) in [6.07, 6.45) is 2.67. The molecule has 0 aliphatic carbocycles. The van der Waals surface area contributed by atoms with Crippen LogP contribution in [0.4, 0.5) is 0 Å². The summed E-state index contributed by atoms with van der Waals surface area (Å²) in [6, 6.07) is 0. The van der Waals surface area contributed by atoms with Crippen LogP contribution in [0.1, 0.15) is 29.8 Å². The molecule has 1 aromatic heterocycles. The van der Waals surface area contributed by atoms with Crippen molar-refractivity contribution >= 4 is 0 Å². The van der Waals surface area contributed by atoms with Crippen molar-refractivity contribution < 1.29 is 9.47 Å². The first-order chi connectivity index (χ1) is 9.22. The molecule has 1 aliphatic rings. The molecule has 1 fully saturated rings. The molecule has 0 saturated carbocycles. The molecule has 5 heteroatoms. The van der Waals surface area contributed by atoms with Crippen LogP contribution in [0.3, 0.4) is 0 Å². The number of hydrogen-bond donors (Lipinski definition) is 1. The number of methoxy groups -OCH3 is 1. The highest BCUT2D eigenvalue weighted by Crippen LogP contribution is 2.18. The summed E-state index contributed by atoms with van der Waals surface area (Å²) in [4.78, 5) is 0. The second-order valence-corrected chi connectivity index (χ2v) is 5.14. The van der Waals surface area contributed by atoms with Crippen LogP contribution < -0.4 is 5.32 Å². The molecule has 5 nitrogen and oxygen atoms in total. The Morgan fingerprint density at radius 1 is 1.47 bits per heavy atom. The van der Waals surface area contributed by atoms with Crippen LogP contribution in [0.2, 0.25) is 0 Å². The van der Waals surface area contributed by atoms with E-state index < -0.39 is 0 Å². The Hall–Kier alpha value is -0.910. The van der Waals surface area contributed by atoms with E-state index in [1.165, 1.54) is 17.7 Å². The van der Waals surface area contributed by atoms with Crippen molar-refractivity contribution in [3.63, 3.8) is 0 Å². The third-order valence-electron chi connectivity index (χ3n) is 3.72. The van der Waals surface area contributed by atoms with Gasteiger partial charge in [0, 0.05) is 38.1 Å². The zero-order valence-electron chi connectivity index (χ0n) is 12.2. The molecule has 0 radical (unpaired) electrons. The van der Waals surface area contributed by atoms with Crippen LogP contribution in [0.15, 0.2) is 0 Å². The maximum atomic E-state index is 5.68. The standard InChI is InChI=1S/C14H25N3O2/c1-11-14(9-15-6-8-18-3)12(2)17(16-11)10-13-5-4-7-19-13/h13,15H,4-10H2,1-3H3. The van der Waals surface area contributed by atoms with Crippen molar-refractivity contribution in [3.05, 3.63) is 17.0 Å². The fourth-order valence-electron chi connectivity index (χ4n) is 2.54. The molecule has 1 aliphatic heterocycles. The van der Waals surface area contributed by atoms with E-state index >= 15 is 0 Å². The van der Waals surface area contributed by atoms with E-state index in [4.69, 9.17) is 9.47 Å². The third kappa shape index (κ3) is 3.78. The number of hydrogen-bond acceptors (Lipinski definition) is 4. The van der Waals surface area contributed by atoms with Gasteiger partial charge in [0.2, 0.25) is 0 Å². The predicted octanol–water partition coefficient (Wildman–Crippen LogP) is 1.41. The monoisotopic (exact) mass is 267 g/mol. The van der Waals surface area contributed by atoms with E-state index in [2.05, 4.69) is 28.9 Å². The zero-order valence-corrected chi connectivity index (χ0v) is 12.2. The molecular formula is C14H25N3O2. The minimum Gasteiger partial charge on any atom is -0.383 e. The van der Waals surface area contributed by atoms with E-state index in [1.807, 2.05) is 0 Å². The van der Waals surface area contributed by atoms with Crippen molar-refractivity contribution in [3.8, 4) is 0 Å². The zero-order chi connectivity index (χ0) is 13.7. The van der Waals surface area contributed by atoms with E-state index in [1.54, 1.807) is 7.11 Å². The number of nitrogens with zero attached hydrogens (tertiary/aromatic N) is 2. The fraction of sp³-hybridized carbons (Fsp3) is 0.786. The van der Waals surface area contributed by atoms with Crippen molar-refractivity contribution in [2.24, 2.45) is 0 Å². The smallest absolute Gasteiger partial charge is 0.0771 e. The summed E-state index contributed by atoms with van der Waals surface area (Å²) in [6.45, 7) is 8.45. The summed E-state index contributed by atoms with van der Waals surface area (Å²) in [7, 11) is 1.72. The minimum atomic E-state index is 0.340. The lowest BCUT2D eigenvalue weighted by atomic mass is 10.2. The Morgan fingerprint density at radius 2 is 2.32 bits per heavy atom. The first-order valence-corrected chi connectivity index (χ1v) is 7.06. The molecule has 1 atom stereocenters. The lowest BCUT2D eigenvalue weighted by Crippen LogP contribution is -2.20. The van der Waals surface area contributed by atoms with Crippen molar-refractivity contribution in [2.75, 3.05) is 26.9 Å². The molecule has 2 heterocycles. The maximum Gasteiger partial charge on any atom is 0.0771 e. The van der Waals surface area contributed by atoms with Crippen LogP contribution in [-0.4, -0.2) is 42.8 Å². The van der Waals surface area contributed by atoms with E-state index in [0.29, 0.717) is 6.10 Å². The first-order valence-electron chi connectivity index (χ1n) is 7.06. The van der Waals surface area contributed by atoms with Crippen LogP contribution in [-0.2, 0) is 22.6 Å². The van der Waals surface area contributed by atoms with Crippen LogP contribution >= 0.6 is 0 Å². The van der Waals surface area contributed by atoms with E-state index in [9.17, 15) is 0 Å². The summed E-state index contributed by atoms with van der Waals surface area (Å²) >= 11 is 0. The van der Waals surface area contributed by atoms with E-state index in [0.717, 1.165) is 45.0 Å². The molecule has 19 heavy (non-hydrogen) atoms. The van der Waals surface area contributed by atoms with Crippen molar-refractivity contribution in [1.29, 1.82) is 0 Å². The summed E-state index contributed by atoms with van der Waals surface area (Å²) in [5.74, 6) is 0. The van der Waals surface area contributed by atoms with Gasteiger partial charge >= 0.3 is 0 Å². The average molecular weight is 267 g/mol. The van der Waals surface area contributed by atoms with Crippen molar-refractivity contribution in [1.82, 2.24) is 15.1 Å². The quantitative estimate of drug-likeness (QED) is 0.759. The van der Waals surface area contributed by atoms with Gasteiger partial charge in [-0.25, -0.2) is 0 Å². The molecule has 0 aromatic carbocycles. The largest absolute Gasteiger partial charge is 0.383 e. The lowest BCUT2D eigenvalue weighted by Gasteiger charge is -2.11. The highest BCUT2D eigenvalue weighted by molar-refractivity contribution is 5.24. The van der Waals surface area contributed by atoms with Gasteiger partial charge < -0.3 is 14.8 Å². The summed E-state index contributed by atoms with van der Waals surface area (Å²) in [5, 5.41) is 8.02. The highest BCUT2D eigenvalue weighted by atomic mass is 16.5. The second kappa shape index (κ2) is 7.03. The number of nitrogens with one attached hydrogen (secondary N) is 1. The Morgan fingerprint density at radius 3 is 3.00 bits per heavy atom. The third-order valence-corrected chi connectivity index (χ3v) is 3.72. The molecule has 0 spiro atoms. The first kappa shape index (κ1) is 14.5. The van der Waals surface area contributed by atoms with Gasteiger partial charge in [0.05, 0.1) is 24.9 Å². The van der Waals surface area contributed by atoms with Crippen LogP contribution in [0, 0.1) is 13.8 Å². The second-order valence-electron chi connectivity index (χ2n) is 5.14. The van der Waals surface area contributed by atoms with Gasteiger partial charge in [-0.3, -0.25) is 4.68 Å².